The highest BCUT2D eigenvalue weighted by Crippen LogP contribution is 2.19. The summed E-state index contributed by atoms with van der Waals surface area (Å²) in [5.74, 6) is 0.906. The Morgan fingerprint density at radius 1 is 1.15 bits per heavy atom. The van der Waals surface area contributed by atoms with E-state index in [0.717, 1.165) is 25.0 Å². The van der Waals surface area contributed by atoms with Crippen molar-refractivity contribution in [2.24, 2.45) is 5.92 Å². The van der Waals surface area contributed by atoms with E-state index in [1.165, 1.54) is 32.5 Å². The molecule has 2 aliphatic heterocycles. The van der Waals surface area contributed by atoms with Crippen LogP contribution in [0, 0.1) is 5.92 Å². The molecule has 3 nitrogen and oxygen atoms in total. The fraction of sp³-hybridized carbons (Fsp3) is 1.00. The van der Waals surface area contributed by atoms with Crippen molar-refractivity contribution in [1.29, 1.82) is 0 Å². The van der Waals surface area contributed by atoms with E-state index >= 15 is 0 Å². The van der Waals surface area contributed by atoms with Gasteiger partial charge >= 0.3 is 0 Å². The van der Waals surface area contributed by atoms with Crippen molar-refractivity contribution in [2.75, 3.05) is 39.8 Å². The molecule has 0 saturated carbocycles. The fourth-order valence-corrected chi connectivity index (χ4v) is 2.44. The monoisotopic (exact) mass is 183 g/mol. The molecule has 2 fully saturated rings. The number of piperazine rings is 1. The molecule has 2 N–H and O–H groups in total. The van der Waals surface area contributed by atoms with E-state index in [0.29, 0.717) is 0 Å². The Kier molecular flexibility index (Phi) is 3.19. The second-order valence-corrected chi connectivity index (χ2v) is 4.41. The predicted molar refractivity (Wildman–Crippen MR) is 54.9 cm³/mol. The van der Waals surface area contributed by atoms with Gasteiger partial charge in [0.15, 0.2) is 0 Å². The van der Waals surface area contributed by atoms with Crippen LogP contribution in [-0.4, -0.2) is 50.7 Å². The zero-order chi connectivity index (χ0) is 9.10. The molecule has 0 bridgehead atoms. The molecule has 13 heavy (non-hydrogen) atoms. The lowest BCUT2D eigenvalue weighted by Gasteiger charge is -2.37. The normalized spacial score (nSPS) is 33.5. The molecule has 76 valence electrons. The first-order chi connectivity index (χ1) is 6.36. The Morgan fingerprint density at radius 2 is 1.92 bits per heavy atom. The fourth-order valence-electron chi connectivity index (χ4n) is 2.44. The third-order valence-corrected chi connectivity index (χ3v) is 3.40. The van der Waals surface area contributed by atoms with Crippen LogP contribution in [0.4, 0.5) is 0 Å². The summed E-state index contributed by atoms with van der Waals surface area (Å²) in [5.41, 5.74) is 0. The molecule has 1 unspecified atom stereocenters. The molecule has 2 saturated heterocycles. The highest BCUT2D eigenvalue weighted by Gasteiger charge is 2.25. The molecule has 2 heterocycles. The number of nitrogens with one attached hydrogen (secondary N) is 2. The van der Waals surface area contributed by atoms with Gasteiger partial charge in [0.25, 0.3) is 0 Å². The van der Waals surface area contributed by atoms with Crippen molar-refractivity contribution >= 4 is 0 Å². The lowest BCUT2D eigenvalue weighted by atomic mass is 9.89. The molecule has 0 aromatic rings. The number of hydrogen-bond acceptors (Lipinski definition) is 3. The maximum Gasteiger partial charge on any atom is 0.0222 e. The first-order valence-corrected chi connectivity index (χ1v) is 5.49. The summed E-state index contributed by atoms with van der Waals surface area (Å²) in [6.07, 6.45) is 2.74. The zero-order valence-electron chi connectivity index (χ0n) is 8.55. The summed E-state index contributed by atoms with van der Waals surface area (Å²) >= 11 is 0. The van der Waals surface area contributed by atoms with Crippen molar-refractivity contribution in [1.82, 2.24) is 15.5 Å². The summed E-state index contributed by atoms with van der Waals surface area (Å²) in [5, 5.41) is 7.09. The smallest absolute Gasteiger partial charge is 0.0222 e. The van der Waals surface area contributed by atoms with Crippen molar-refractivity contribution < 1.29 is 0 Å². The van der Waals surface area contributed by atoms with Crippen LogP contribution in [0.2, 0.25) is 0 Å². The Balaban J connectivity index is 1.79. The van der Waals surface area contributed by atoms with Gasteiger partial charge in [-0.1, -0.05) is 0 Å². The van der Waals surface area contributed by atoms with Crippen molar-refractivity contribution in [3.63, 3.8) is 0 Å². The van der Waals surface area contributed by atoms with Gasteiger partial charge in [0.2, 0.25) is 0 Å². The average Bonchev–Trinajstić information content (AvgIpc) is 2.20. The standard InChI is InChI=1S/C10H21N3/c1-13-6-2-9(3-7-13)10-8-11-4-5-12-10/h9-12H,2-8H2,1H3. The molecule has 1 atom stereocenters. The molecule has 0 aromatic carbocycles. The Bertz CT molecular complexity index is 146. The molecule has 0 aliphatic carbocycles. The highest BCUT2D eigenvalue weighted by atomic mass is 15.1. The second-order valence-electron chi connectivity index (χ2n) is 4.41. The van der Waals surface area contributed by atoms with Crippen LogP contribution < -0.4 is 10.6 Å². The molecule has 0 aromatic heterocycles. The number of rotatable bonds is 1. The topological polar surface area (TPSA) is 27.3 Å². The molecule has 0 spiro atoms. The van der Waals surface area contributed by atoms with Crippen molar-refractivity contribution in [2.45, 2.75) is 18.9 Å². The van der Waals surface area contributed by atoms with Crippen LogP contribution in [0.25, 0.3) is 0 Å². The van der Waals surface area contributed by atoms with Crippen LogP contribution in [0.15, 0.2) is 0 Å². The second kappa shape index (κ2) is 4.40. The van der Waals surface area contributed by atoms with Gasteiger partial charge in [-0.05, 0) is 38.9 Å². The van der Waals surface area contributed by atoms with Crippen LogP contribution in [0.5, 0.6) is 0 Å². The molecule has 0 amide bonds. The van der Waals surface area contributed by atoms with Crippen LogP contribution >= 0.6 is 0 Å². The van der Waals surface area contributed by atoms with E-state index in [4.69, 9.17) is 0 Å². The first kappa shape index (κ1) is 9.44. The molecular weight excluding hydrogens is 162 g/mol. The maximum absolute atomic E-state index is 3.62. The van der Waals surface area contributed by atoms with Crippen molar-refractivity contribution in [3.05, 3.63) is 0 Å². The summed E-state index contributed by atoms with van der Waals surface area (Å²) in [6, 6.07) is 0.738. The van der Waals surface area contributed by atoms with Crippen LogP contribution in [0.3, 0.4) is 0 Å². The van der Waals surface area contributed by atoms with Gasteiger partial charge in [0.05, 0.1) is 0 Å². The van der Waals surface area contributed by atoms with E-state index in [-0.39, 0.29) is 0 Å². The third kappa shape index (κ3) is 2.42. The van der Waals surface area contributed by atoms with E-state index in [9.17, 15) is 0 Å². The molecular formula is C10H21N3. The Hall–Kier alpha value is -0.120. The predicted octanol–water partition coefficient (Wildman–Crippen LogP) is -0.110. The molecule has 2 rings (SSSR count). The molecule has 3 heteroatoms. The summed E-state index contributed by atoms with van der Waals surface area (Å²) in [7, 11) is 2.22. The third-order valence-electron chi connectivity index (χ3n) is 3.40. The highest BCUT2D eigenvalue weighted by molar-refractivity contribution is 4.85. The van der Waals surface area contributed by atoms with Crippen LogP contribution in [-0.2, 0) is 0 Å². The van der Waals surface area contributed by atoms with E-state index < -0.39 is 0 Å². The Labute approximate surface area is 80.9 Å². The largest absolute Gasteiger partial charge is 0.314 e. The van der Waals surface area contributed by atoms with Crippen LogP contribution in [0.1, 0.15) is 12.8 Å². The lowest BCUT2D eigenvalue weighted by molar-refractivity contribution is 0.175. The van der Waals surface area contributed by atoms with Gasteiger partial charge < -0.3 is 15.5 Å². The number of nitrogens with zero attached hydrogens (tertiary/aromatic N) is 1. The Morgan fingerprint density at radius 3 is 2.54 bits per heavy atom. The van der Waals surface area contributed by atoms with E-state index in [1.807, 2.05) is 0 Å². The van der Waals surface area contributed by atoms with Gasteiger partial charge in [0.1, 0.15) is 0 Å². The minimum atomic E-state index is 0.738. The lowest BCUT2D eigenvalue weighted by Crippen LogP contribution is -2.53. The first-order valence-electron chi connectivity index (χ1n) is 5.49. The van der Waals surface area contributed by atoms with Gasteiger partial charge in [-0.2, -0.15) is 0 Å². The summed E-state index contributed by atoms with van der Waals surface area (Å²) < 4.78 is 0. The summed E-state index contributed by atoms with van der Waals surface area (Å²) in [6.45, 7) is 6.03. The SMILES string of the molecule is CN1CCC(C2CNCCN2)CC1. The van der Waals surface area contributed by atoms with Gasteiger partial charge in [-0.15, -0.1) is 0 Å². The number of piperidine rings is 1. The summed E-state index contributed by atoms with van der Waals surface area (Å²) in [4.78, 5) is 2.44. The quantitative estimate of drug-likeness (QED) is 0.594. The zero-order valence-corrected chi connectivity index (χ0v) is 8.55. The minimum absolute atomic E-state index is 0.738. The number of likely N-dealkylation sites (tertiary alicyclic amines) is 1. The number of hydrogen-bond donors (Lipinski definition) is 2. The maximum atomic E-state index is 3.62. The van der Waals surface area contributed by atoms with Gasteiger partial charge in [0, 0.05) is 25.7 Å². The molecule has 0 radical (unpaired) electrons. The van der Waals surface area contributed by atoms with Gasteiger partial charge in [-0.25, -0.2) is 0 Å². The van der Waals surface area contributed by atoms with E-state index in [1.54, 1.807) is 0 Å². The van der Waals surface area contributed by atoms with E-state index in [2.05, 4.69) is 22.6 Å². The minimum Gasteiger partial charge on any atom is -0.314 e. The van der Waals surface area contributed by atoms with Gasteiger partial charge in [-0.3, -0.25) is 0 Å². The molecule has 2 aliphatic rings. The van der Waals surface area contributed by atoms with Crippen molar-refractivity contribution in [3.8, 4) is 0 Å². The average molecular weight is 183 g/mol.